The van der Waals surface area contributed by atoms with E-state index in [9.17, 15) is 5.11 Å². The third kappa shape index (κ3) is 1.98. The number of aryl methyl sites for hydroxylation is 1. The van der Waals surface area contributed by atoms with Crippen LogP contribution < -0.4 is 0 Å². The van der Waals surface area contributed by atoms with Crippen molar-refractivity contribution in [1.82, 2.24) is 0 Å². The molecule has 1 fully saturated rings. The first-order chi connectivity index (χ1) is 7.08. The highest BCUT2D eigenvalue weighted by Crippen LogP contribution is 2.55. The predicted molar refractivity (Wildman–Crippen MR) is 65.8 cm³/mol. The molecule has 82 valence electrons. The maximum absolute atomic E-state index is 10.5. The van der Waals surface area contributed by atoms with Crippen molar-refractivity contribution in [3.8, 4) is 0 Å². The van der Waals surface area contributed by atoms with Gasteiger partial charge in [0.15, 0.2) is 0 Å². The largest absolute Gasteiger partial charge is 0.385 e. The summed E-state index contributed by atoms with van der Waals surface area (Å²) in [4.78, 5) is 0. The average molecular weight is 269 g/mol. The van der Waals surface area contributed by atoms with E-state index in [2.05, 4.69) is 41.9 Å². The van der Waals surface area contributed by atoms with Crippen molar-refractivity contribution < 1.29 is 5.11 Å². The van der Waals surface area contributed by atoms with Crippen LogP contribution in [0.25, 0.3) is 0 Å². The third-order valence-electron chi connectivity index (χ3n) is 3.38. The molecule has 1 aromatic carbocycles. The van der Waals surface area contributed by atoms with E-state index < -0.39 is 5.60 Å². The Morgan fingerprint density at radius 2 is 2.27 bits per heavy atom. The second-order valence-electron chi connectivity index (χ2n) is 4.57. The molecular weight excluding hydrogens is 252 g/mol. The Bertz CT molecular complexity index is 375. The Kier molecular flexibility index (Phi) is 2.91. The van der Waals surface area contributed by atoms with Gasteiger partial charge in [0.05, 0.1) is 5.60 Å². The molecule has 1 aromatic rings. The number of rotatable bonds is 3. The smallest absolute Gasteiger partial charge is 0.0932 e. The molecule has 0 aromatic heterocycles. The van der Waals surface area contributed by atoms with Crippen LogP contribution in [0.3, 0.4) is 0 Å². The van der Waals surface area contributed by atoms with Crippen LogP contribution in [0.2, 0.25) is 0 Å². The van der Waals surface area contributed by atoms with Gasteiger partial charge in [0.1, 0.15) is 0 Å². The molecule has 1 N–H and O–H groups in total. The van der Waals surface area contributed by atoms with Crippen molar-refractivity contribution >= 4 is 15.9 Å². The summed E-state index contributed by atoms with van der Waals surface area (Å²) in [5.74, 6) is 0.468. The number of benzene rings is 1. The van der Waals surface area contributed by atoms with Gasteiger partial charge in [-0.1, -0.05) is 35.3 Å². The molecule has 15 heavy (non-hydrogen) atoms. The summed E-state index contributed by atoms with van der Waals surface area (Å²) in [7, 11) is 0. The lowest BCUT2D eigenvalue weighted by Crippen LogP contribution is -2.10. The molecule has 0 saturated heterocycles. The minimum Gasteiger partial charge on any atom is -0.385 e. The maximum atomic E-state index is 10.5. The molecule has 2 unspecified atom stereocenters. The fourth-order valence-electron chi connectivity index (χ4n) is 2.40. The van der Waals surface area contributed by atoms with E-state index in [-0.39, 0.29) is 0 Å². The van der Waals surface area contributed by atoms with Gasteiger partial charge in [-0.25, -0.2) is 0 Å². The molecule has 0 spiro atoms. The molecule has 1 saturated carbocycles. The molecule has 0 aliphatic heterocycles. The summed E-state index contributed by atoms with van der Waals surface area (Å²) in [5, 5.41) is 10.5. The predicted octanol–water partition coefficient (Wildman–Crippen LogP) is 3.77. The molecule has 0 bridgehead atoms. The molecule has 1 nitrogen and oxygen atoms in total. The second kappa shape index (κ2) is 3.91. The number of halogens is 1. The second-order valence-corrected chi connectivity index (χ2v) is 5.49. The standard InChI is InChI=1S/C13H17BrO/c1-3-4-10-8-13(10,15)12-7-11(14)6-5-9(12)2/h5-7,10,15H,3-4,8H2,1-2H3. The van der Waals surface area contributed by atoms with Gasteiger partial charge in [-0.15, -0.1) is 0 Å². The highest BCUT2D eigenvalue weighted by molar-refractivity contribution is 9.10. The summed E-state index contributed by atoms with van der Waals surface area (Å²) < 4.78 is 1.05. The molecule has 0 radical (unpaired) electrons. The van der Waals surface area contributed by atoms with E-state index in [1.165, 1.54) is 5.56 Å². The van der Waals surface area contributed by atoms with Crippen LogP contribution in [-0.4, -0.2) is 5.11 Å². The molecule has 2 atom stereocenters. The first-order valence-corrected chi connectivity index (χ1v) is 6.36. The van der Waals surface area contributed by atoms with E-state index >= 15 is 0 Å². The van der Waals surface area contributed by atoms with Crippen LogP contribution in [0.15, 0.2) is 22.7 Å². The van der Waals surface area contributed by atoms with Crippen molar-refractivity contribution in [3.63, 3.8) is 0 Å². The highest BCUT2D eigenvalue weighted by Gasteiger charge is 2.53. The summed E-state index contributed by atoms with van der Waals surface area (Å²) in [6, 6.07) is 6.16. The quantitative estimate of drug-likeness (QED) is 0.885. The van der Waals surface area contributed by atoms with Crippen LogP contribution in [0.5, 0.6) is 0 Å². The Morgan fingerprint density at radius 1 is 1.53 bits per heavy atom. The summed E-state index contributed by atoms with van der Waals surface area (Å²) in [6.45, 7) is 4.24. The van der Waals surface area contributed by atoms with Gasteiger partial charge >= 0.3 is 0 Å². The van der Waals surface area contributed by atoms with Crippen LogP contribution in [-0.2, 0) is 5.60 Å². The molecule has 0 heterocycles. The van der Waals surface area contributed by atoms with Crippen molar-refractivity contribution in [3.05, 3.63) is 33.8 Å². The number of aliphatic hydroxyl groups is 1. The van der Waals surface area contributed by atoms with Gasteiger partial charge in [-0.2, -0.15) is 0 Å². The van der Waals surface area contributed by atoms with E-state index in [0.29, 0.717) is 5.92 Å². The number of hydrogen-bond acceptors (Lipinski definition) is 1. The Hall–Kier alpha value is -0.340. The van der Waals surface area contributed by atoms with Gasteiger partial charge in [-0.05, 0) is 48.9 Å². The van der Waals surface area contributed by atoms with E-state index in [0.717, 1.165) is 29.3 Å². The van der Waals surface area contributed by atoms with Gasteiger partial charge in [0.25, 0.3) is 0 Å². The average Bonchev–Trinajstić information content (AvgIpc) is 2.83. The molecule has 0 amide bonds. The summed E-state index contributed by atoms with van der Waals surface area (Å²) >= 11 is 3.46. The molecule has 2 heteroatoms. The Balaban J connectivity index is 2.27. The maximum Gasteiger partial charge on any atom is 0.0932 e. The fraction of sp³-hybridized carbons (Fsp3) is 0.538. The van der Waals surface area contributed by atoms with E-state index in [1.807, 2.05) is 6.07 Å². The molecule has 2 rings (SSSR count). The van der Waals surface area contributed by atoms with Crippen molar-refractivity contribution in [2.24, 2.45) is 5.92 Å². The van der Waals surface area contributed by atoms with Crippen molar-refractivity contribution in [1.29, 1.82) is 0 Å². The molecule has 1 aliphatic rings. The zero-order valence-corrected chi connectivity index (χ0v) is 10.8. The van der Waals surface area contributed by atoms with Gasteiger partial charge in [0.2, 0.25) is 0 Å². The van der Waals surface area contributed by atoms with Crippen LogP contribution in [0.1, 0.15) is 37.3 Å². The van der Waals surface area contributed by atoms with Crippen molar-refractivity contribution in [2.75, 3.05) is 0 Å². The first-order valence-electron chi connectivity index (χ1n) is 5.57. The van der Waals surface area contributed by atoms with Crippen molar-refractivity contribution in [2.45, 2.75) is 38.7 Å². The highest BCUT2D eigenvalue weighted by atomic mass is 79.9. The lowest BCUT2D eigenvalue weighted by atomic mass is 9.99. The first kappa shape index (κ1) is 11.2. The zero-order chi connectivity index (χ0) is 11.1. The SMILES string of the molecule is CCCC1CC1(O)c1cc(Br)ccc1C. The Labute approximate surface area is 99.6 Å². The lowest BCUT2D eigenvalue weighted by molar-refractivity contribution is 0.128. The molecule has 1 aliphatic carbocycles. The van der Waals surface area contributed by atoms with Crippen LogP contribution in [0.4, 0.5) is 0 Å². The van der Waals surface area contributed by atoms with Crippen LogP contribution in [0, 0.1) is 12.8 Å². The van der Waals surface area contributed by atoms with Gasteiger partial charge in [0, 0.05) is 4.47 Å². The normalized spacial score (nSPS) is 29.2. The van der Waals surface area contributed by atoms with Gasteiger partial charge < -0.3 is 5.11 Å². The van der Waals surface area contributed by atoms with E-state index in [4.69, 9.17) is 0 Å². The van der Waals surface area contributed by atoms with Crippen LogP contribution >= 0.6 is 15.9 Å². The minimum absolute atomic E-state index is 0.468. The van der Waals surface area contributed by atoms with Gasteiger partial charge in [-0.3, -0.25) is 0 Å². The summed E-state index contributed by atoms with van der Waals surface area (Å²) in [6.07, 6.45) is 3.21. The summed E-state index contributed by atoms with van der Waals surface area (Å²) in [5.41, 5.74) is 1.76. The lowest BCUT2D eigenvalue weighted by Gasteiger charge is -2.14. The topological polar surface area (TPSA) is 20.2 Å². The fourth-order valence-corrected chi connectivity index (χ4v) is 2.76. The Morgan fingerprint density at radius 3 is 2.93 bits per heavy atom. The minimum atomic E-state index is -0.538. The zero-order valence-electron chi connectivity index (χ0n) is 9.26. The third-order valence-corrected chi connectivity index (χ3v) is 3.87. The molecular formula is C13H17BrO. The number of hydrogen-bond donors (Lipinski definition) is 1. The monoisotopic (exact) mass is 268 g/mol. The van der Waals surface area contributed by atoms with E-state index in [1.54, 1.807) is 0 Å².